The lowest BCUT2D eigenvalue weighted by Gasteiger charge is -2.25. The molecule has 1 atom stereocenters. The number of nitrogens with one attached hydrogen (secondary N) is 1. The van der Waals surface area contributed by atoms with Crippen molar-refractivity contribution in [3.8, 4) is 5.75 Å². The first-order valence-corrected chi connectivity index (χ1v) is 10.3. The zero-order chi connectivity index (χ0) is 24.2. The maximum absolute atomic E-state index is 12.6. The van der Waals surface area contributed by atoms with Crippen molar-refractivity contribution in [2.45, 2.75) is 19.6 Å². The first kappa shape index (κ1) is 26.0. The number of carbonyl (C=O) groups excluding carboxylic acids is 1. The maximum atomic E-state index is 12.6. The second-order valence-electron chi connectivity index (χ2n) is 7.09. The molecule has 1 aromatic carbocycles. The van der Waals surface area contributed by atoms with Crippen LogP contribution in [0.4, 0.5) is 0 Å². The molecule has 1 amide bonds. The number of carbonyl (C=O) groups is 1. The van der Waals surface area contributed by atoms with Gasteiger partial charge in [0.25, 0.3) is 5.91 Å². The van der Waals surface area contributed by atoms with Gasteiger partial charge >= 0.3 is 0 Å². The molecule has 1 aliphatic heterocycles. The van der Waals surface area contributed by atoms with Gasteiger partial charge in [0.2, 0.25) is 0 Å². The van der Waals surface area contributed by atoms with Gasteiger partial charge in [-0.05, 0) is 36.8 Å². The van der Waals surface area contributed by atoms with Crippen molar-refractivity contribution in [1.82, 2.24) is 15.4 Å². The molecular formula is C22H32N6O5. The number of nitrogens with zero attached hydrogens (tertiary/aromatic N) is 3. The van der Waals surface area contributed by atoms with Crippen molar-refractivity contribution < 1.29 is 24.1 Å². The minimum atomic E-state index is -0.321. The number of nitrogens with two attached hydrogens (primary N) is 2. The SMILES string of the molecule is CO.COc1cccc(CNC(=O)c2cc(/C(N)=N/N(N)CC3COCCO3)cc(C)n2)c1. The molecule has 1 unspecified atom stereocenters. The van der Waals surface area contributed by atoms with E-state index in [-0.39, 0.29) is 23.5 Å². The Morgan fingerprint density at radius 3 is 2.82 bits per heavy atom. The second kappa shape index (κ2) is 13.3. The summed E-state index contributed by atoms with van der Waals surface area (Å²) in [5.41, 5.74) is 8.45. The minimum Gasteiger partial charge on any atom is -0.497 e. The van der Waals surface area contributed by atoms with Gasteiger partial charge in [0.05, 0.1) is 33.5 Å². The number of ether oxygens (including phenoxy) is 3. The van der Waals surface area contributed by atoms with Crippen LogP contribution in [-0.4, -0.2) is 73.6 Å². The molecular weight excluding hydrogens is 428 g/mol. The lowest BCUT2D eigenvalue weighted by molar-refractivity contribution is -0.0976. The van der Waals surface area contributed by atoms with Crippen molar-refractivity contribution in [2.75, 3.05) is 40.6 Å². The number of hydrogen-bond acceptors (Lipinski definition) is 9. The number of benzene rings is 1. The highest BCUT2D eigenvalue weighted by Gasteiger charge is 2.17. The summed E-state index contributed by atoms with van der Waals surface area (Å²) in [5.74, 6) is 6.52. The van der Waals surface area contributed by atoms with Crippen LogP contribution in [0.5, 0.6) is 5.75 Å². The highest BCUT2D eigenvalue weighted by atomic mass is 16.6. The van der Waals surface area contributed by atoms with Gasteiger partial charge in [-0.1, -0.05) is 12.1 Å². The second-order valence-corrected chi connectivity index (χ2v) is 7.09. The summed E-state index contributed by atoms with van der Waals surface area (Å²) in [6, 6.07) is 10.8. The number of aryl methyl sites for hydroxylation is 1. The fourth-order valence-corrected chi connectivity index (χ4v) is 3.08. The van der Waals surface area contributed by atoms with E-state index in [2.05, 4.69) is 15.4 Å². The number of aliphatic hydroxyl groups excluding tert-OH is 1. The van der Waals surface area contributed by atoms with Crippen LogP contribution in [0.25, 0.3) is 0 Å². The van der Waals surface area contributed by atoms with E-state index in [4.69, 9.17) is 30.9 Å². The van der Waals surface area contributed by atoms with E-state index in [9.17, 15) is 4.79 Å². The average Bonchev–Trinajstić information content (AvgIpc) is 2.84. The van der Waals surface area contributed by atoms with Crippen molar-refractivity contribution in [2.24, 2.45) is 16.7 Å². The monoisotopic (exact) mass is 460 g/mol. The zero-order valence-electron chi connectivity index (χ0n) is 19.2. The summed E-state index contributed by atoms with van der Waals surface area (Å²) >= 11 is 0. The molecule has 2 heterocycles. The van der Waals surface area contributed by atoms with Crippen LogP contribution in [-0.2, 0) is 16.0 Å². The van der Waals surface area contributed by atoms with Crippen LogP contribution in [0.1, 0.15) is 27.3 Å². The molecule has 0 saturated carbocycles. The van der Waals surface area contributed by atoms with E-state index in [1.54, 1.807) is 26.2 Å². The van der Waals surface area contributed by atoms with Gasteiger partial charge < -0.3 is 30.4 Å². The van der Waals surface area contributed by atoms with Crippen LogP contribution in [0.15, 0.2) is 41.5 Å². The van der Waals surface area contributed by atoms with E-state index in [1.807, 2.05) is 24.3 Å². The molecule has 3 rings (SSSR count). The highest BCUT2D eigenvalue weighted by molar-refractivity contribution is 6.00. The standard InChI is InChI=1S/C21H28N6O4.CH4O/c1-14-8-16(20(22)26-27(23)12-18-13-30-6-7-31-18)10-19(25-14)21(28)24-11-15-4-3-5-17(9-15)29-2;1-2/h3-5,8-10,18H,6-7,11-13,23H2,1-2H3,(H2,22,26)(H,24,28);2H,1H3. The summed E-state index contributed by atoms with van der Waals surface area (Å²) < 4.78 is 16.1. The van der Waals surface area contributed by atoms with Crippen molar-refractivity contribution >= 4 is 11.7 Å². The highest BCUT2D eigenvalue weighted by Crippen LogP contribution is 2.13. The predicted octanol–water partition coefficient (Wildman–Crippen LogP) is 0.149. The molecule has 0 radical (unpaired) electrons. The predicted molar refractivity (Wildman–Crippen MR) is 123 cm³/mol. The van der Waals surface area contributed by atoms with Crippen LogP contribution in [0.3, 0.4) is 0 Å². The molecule has 33 heavy (non-hydrogen) atoms. The van der Waals surface area contributed by atoms with Crippen LogP contribution in [0, 0.1) is 6.92 Å². The van der Waals surface area contributed by atoms with Gasteiger partial charge in [0.1, 0.15) is 17.5 Å². The van der Waals surface area contributed by atoms with E-state index >= 15 is 0 Å². The third-order valence-electron chi connectivity index (χ3n) is 4.58. The number of hydrazine groups is 1. The summed E-state index contributed by atoms with van der Waals surface area (Å²) in [5, 5.41) is 15.3. The number of amides is 1. The molecule has 1 aromatic heterocycles. The van der Waals surface area contributed by atoms with Crippen molar-refractivity contribution in [1.29, 1.82) is 0 Å². The minimum absolute atomic E-state index is 0.173. The number of rotatable bonds is 8. The number of hydrogen-bond donors (Lipinski definition) is 4. The number of pyridine rings is 1. The summed E-state index contributed by atoms with van der Waals surface area (Å²) in [6.45, 7) is 4.00. The normalized spacial score (nSPS) is 15.8. The molecule has 1 aliphatic rings. The number of amidine groups is 1. The van der Waals surface area contributed by atoms with Crippen LogP contribution in [0.2, 0.25) is 0 Å². The Morgan fingerprint density at radius 1 is 1.33 bits per heavy atom. The molecule has 0 spiro atoms. The van der Waals surface area contributed by atoms with Crippen LogP contribution < -0.4 is 21.6 Å². The summed E-state index contributed by atoms with van der Waals surface area (Å²) in [4.78, 5) is 16.9. The molecule has 0 bridgehead atoms. The average molecular weight is 461 g/mol. The van der Waals surface area contributed by atoms with Gasteiger partial charge in [-0.15, -0.1) is 5.10 Å². The van der Waals surface area contributed by atoms with Gasteiger partial charge in [0, 0.05) is 24.9 Å². The molecule has 1 saturated heterocycles. The van der Waals surface area contributed by atoms with Gasteiger partial charge in [-0.25, -0.2) is 15.9 Å². The lowest BCUT2D eigenvalue weighted by Crippen LogP contribution is -2.41. The molecule has 11 nitrogen and oxygen atoms in total. The fraction of sp³-hybridized carbons (Fsp3) is 0.409. The van der Waals surface area contributed by atoms with Gasteiger partial charge in [-0.3, -0.25) is 4.79 Å². The molecule has 11 heteroatoms. The van der Waals surface area contributed by atoms with E-state index in [1.165, 1.54) is 5.12 Å². The van der Waals surface area contributed by atoms with Crippen LogP contribution >= 0.6 is 0 Å². The Hall–Kier alpha value is -3.25. The van der Waals surface area contributed by atoms with E-state index in [0.29, 0.717) is 44.2 Å². The fourth-order valence-electron chi connectivity index (χ4n) is 3.08. The number of aromatic nitrogens is 1. The zero-order valence-corrected chi connectivity index (χ0v) is 19.2. The third kappa shape index (κ3) is 8.31. The number of hydrazone groups is 1. The first-order chi connectivity index (χ1) is 15.9. The molecule has 180 valence electrons. The Morgan fingerprint density at radius 2 is 2.12 bits per heavy atom. The van der Waals surface area contributed by atoms with Crippen molar-refractivity contribution in [3.05, 3.63) is 58.9 Å². The Balaban J connectivity index is 0.00000187. The van der Waals surface area contributed by atoms with Gasteiger partial charge in [-0.2, -0.15) is 0 Å². The van der Waals surface area contributed by atoms with E-state index < -0.39 is 0 Å². The van der Waals surface area contributed by atoms with E-state index in [0.717, 1.165) is 18.4 Å². The topological polar surface area (TPSA) is 158 Å². The lowest BCUT2D eigenvalue weighted by atomic mass is 10.1. The maximum Gasteiger partial charge on any atom is 0.270 e. The van der Waals surface area contributed by atoms with Crippen molar-refractivity contribution in [3.63, 3.8) is 0 Å². The largest absolute Gasteiger partial charge is 0.497 e. The summed E-state index contributed by atoms with van der Waals surface area (Å²) in [7, 11) is 2.60. The smallest absolute Gasteiger partial charge is 0.270 e. The summed E-state index contributed by atoms with van der Waals surface area (Å²) in [6.07, 6.45) is -0.174. The first-order valence-electron chi connectivity index (χ1n) is 10.3. The third-order valence-corrected chi connectivity index (χ3v) is 4.58. The molecule has 0 aliphatic carbocycles. The van der Waals surface area contributed by atoms with Gasteiger partial charge in [0.15, 0.2) is 5.84 Å². The Labute approximate surface area is 193 Å². The molecule has 1 fully saturated rings. The molecule has 2 aromatic rings. The Kier molecular flexibility index (Phi) is 10.5. The number of methoxy groups -OCH3 is 1. The molecule has 6 N–H and O–H groups in total. The number of aliphatic hydroxyl groups is 1. The Bertz CT molecular complexity index is 933. The quantitative estimate of drug-likeness (QED) is 0.186.